The number of hydrogen-bond donors (Lipinski definition) is 1. The number of hydrogen-bond acceptors (Lipinski definition) is 5. The molecule has 2 aliphatic carbocycles. The van der Waals surface area contributed by atoms with Gasteiger partial charge in [0.25, 0.3) is 0 Å². The van der Waals surface area contributed by atoms with Crippen LogP contribution in [0.25, 0.3) is 0 Å². The molecule has 2 saturated carbocycles. The van der Waals surface area contributed by atoms with Crippen LogP contribution in [0.2, 0.25) is 0 Å². The van der Waals surface area contributed by atoms with Crippen LogP contribution in [0.3, 0.4) is 0 Å². The minimum atomic E-state index is -1.33. The SMILES string of the molecule is C=C1CC[C@@H](OC(C)=O)[C@]2(C)CC[C@@]3(O)C(=C)C(=O)O[C@@H]3[C@@H]12. The van der Waals surface area contributed by atoms with Crippen molar-refractivity contribution in [2.24, 2.45) is 11.3 Å². The molecule has 0 radical (unpaired) electrons. The highest BCUT2D eigenvalue weighted by molar-refractivity contribution is 5.93. The number of ether oxygens (including phenoxy) is 2. The average Bonchev–Trinajstić information content (AvgIpc) is 2.66. The zero-order valence-electron chi connectivity index (χ0n) is 13.1. The van der Waals surface area contributed by atoms with Crippen molar-refractivity contribution in [3.05, 3.63) is 24.3 Å². The number of fused-ring (bicyclic) bond motifs is 3. The summed E-state index contributed by atoms with van der Waals surface area (Å²) < 4.78 is 11.0. The van der Waals surface area contributed by atoms with E-state index < -0.39 is 17.7 Å². The lowest BCUT2D eigenvalue weighted by Gasteiger charge is -2.55. The smallest absolute Gasteiger partial charge is 0.336 e. The highest BCUT2D eigenvalue weighted by Gasteiger charge is 2.65. The molecule has 0 aromatic heterocycles. The predicted molar refractivity (Wildman–Crippen MR) is 78.7 cm³/mol. The molecule has 0 spiro atoms. The van der Waals surface area contributed by atoms with Crippen LogP contribution in [0.1, 0.15) is 39.5 Å². The molecule has 3 rings (SSSR count). The van der Waals surface area contributed by atoms with Crippen LogP contribution in [-0.2, 0) is 19.1 Å². The van der Waals surface area contributed by atoms with Crippen LogP contribution in [0.15, 0.2) is 24.3 Å². The van der Waals surface area contributed by atoms with Gasteiger partial charge in [0.2, 0.25) is 0 Å². The molecule has 1 N–H and O–H groups in total. The van der Waals surface area contributed by atoms with Gasteiger partial charge in [0.15, 0.2) is 0 Å². The number of aliphatic hydroxyl groups is 1. The standard InChI is InChI=1S/C17H22O5/c1-9-5-6-12(21-11(3)18)16(4)7-8-17(20)10(2)15(19)22-14(17)13(9)16/h12-14,20H,1-2,5-8H2,3-4H3/t12-,13-,14-,16+,17-/m1/s1. The summed E-state index contributed by atoms with van der Waals surface area (Å²) >= 11 is 0. The topological polar surface area (TPSA) is 72.8 Å². The van der Waals surface area contributed by atoms with Crippen LogP contribution in [0, 0.1) is 11.3 Å². The molecule has 0 amide bonds. The Morgan fingerprint density at radius 3 is 2.73 bits per heavy atom. The monoisotopic (exact) mass is 306 g/mol. The van der Waals surface area contributed by atoms with E-state index in [2.05, 4.69) is 13.2 Å². The first-order chi connectivity index (χ1) is 10.2. The number of rotatable bonds is 1. The molecule has 1 aliphatic heterocycles. The van der Waals surface area contributed by atoms with Crippen LogP contribution in [0.5, 0.6) is 0 Å². The fourth-order valence-electron chi connectivity index (χ4n) is 4.47. The Balaban J connectivity index is 2.01. The lowest BCUT2D eigenvalue weighted by Crippen LogP contribution is -2.60. The zero-order valence-corrected chi connectivity index (χ0v) is 13.1. The fourth-order valence-corrected chi connectivity index (χ4v) is 4.47. The van der Waals surface area contributed by atoms with Gasteiger partial charge in [-0.3, -0.25) is 4.79 Å². The molecule has 5 nitrogen and oxygen atoms in total. The first kappa shape index (κ1) is 15.3. The molecule has 3 aliphatic rings. The summed E-state index contributed by atoms with van der Waals surface area (Å²) in [5, 5.41) is 10.9. The molecule has 22 heavy (non-hydrogen) atoms. The molecule has 1 heterocycles. The second-order valence-corrected chi connectivity index (χ2v) is 7.01. The van der Waals surface area contributed by atoms with Gasteiger partial charge in [-0.25, -0.2) is 4.79 Å². The Kier molecular flexibility index (Phi) is 3.25. The van der Waals surface area contributed by atoms with E-state index in [1.807, 2.05) is 6.92 Å². The van der Waals surface area contributed by atoms with E-state index in [1.54, 1.807) is 0 Å². The maximum atomic E-state index is 11.9. The first-order valence-electron chi connectivity index (χ1n) is 7.68. The van der Waals surface area contributed by atoms with Gasteiger partial charge in [0.05, 0.1) is 5.57 Å². The Hall–Kier alpha value is -1.62. The summed E-state index contributed by atoms with van der Waals surface area (Å²) in [4.78, 5) is 23.3. The molecule has 0 aromatic rings. The quantitative estimate of drug-likeness (QED) is 0.455. The molecule has 1 saturated heterocycles. The highest BCUT2D eigenvalue weighted by atomic mass is 16.6. The second kappa shape index (κ2) is 4.69. The largest absolute Gasteiger partial charge is 0.462 e. The van der Waals surface area contributed by atoms with Crippen LogP contribution in [0.4, 0.5) is 0 Å². The van der Waals surface area contributed by atoms with E-state index in [0.717, 1.165) is 5.57 Å². The van der Waals surface area contributed by atoms with E-state index in [1.165, 1.54) is 6.92 Å². The van der Waals surface area contributed by atoms with Gasteiger partial charge in [0, 0.05) is 18.3 Å². The third kappa shape index (κ3) is 1.88. The Labute approximate surface area is 130 Å². The van der Waals surface area contributed by atoms with Crippen molar-refractivity contribution >= 4 is 11.9 Å². The maximum absolute atomic E-state index is 11.9. The summed E-state index contributed by atoms with van der Waals surface area (Å²) in [6.45, 7) is 11.3. The minimum absolute atomic E-state index is 0.127. The molecule has 5 atom stereocenters. The molecule has 120 valence electrons. The number of esters is 2. The van der Waals surface area contributed by atoms with Crippen molar-refractivity contribution in [1.82, 2.24) is 0 Å². The normalized spacial score (nSPS) is 44.1. The van der Waals surface area contributed by atoms with E-state index in [4.69, 9.17) is 9.47 Å². The Bertz CT molecular complexity index is 580. The van der Waals surface area contributed by atoms with Crippen molar-refractivity contribution in [3.8, 4) is 0 Å². The van der Waals surface area contributed by atoms with Crippen LogP contribution >= 0.6 is 0 Å². The Morgan fingerprint density at radius 2 is 2.09 bits per heavy atom. The zero-order chi connectivity index (χ0) is 16.3. The van der Waals surface area contributed by atoms with E-state index in [9.17, 15) is 14.7 Å². The third-order valence-corrected chi connectivity index (χ3v) is 5.74. The second-order valence-electron chi connectivity index (χ2n) is 7.01. The fraction of sp³-hybridized carbons (Fsp3) is 0.647. The van der Waals surface area contributed by atoms with Gasteiger partial charge in [-0.15, -0.1) is 0 Å². The van der Waals surface area contributed by atoms with E-state index in [0.29, 0.717) is 25.7 Å². The summed E-state index contributed by atoms with van der Waals surface area (Å²) in [5.74, 6) is -1.09. The molecular weight excluding hydrogens is 284 g/mol. The van der Waals surface area contributed by atoms with Crippen molar-refractivity contribution in [3.63, 3.8) is 0 Å². The highest BCUT2D eigenvalue weighted by Crippen LogP contribution is 2.59. The molecular formula is C17H22O5. The lowest BCUT2D eigenvalue weighted by molar-refractivity contribution is -0.185. The summed E-state index contributed by atoms with van der Waals surface area (Å²) in [5.41, 5.74) is -0.649. The van der Waals surface area contributed by atoms with Crippen LogP contribution in [-0.4, -0.2) is 34.9 Å². The van der Waals surface area contributed by atoms with E-state index >= 15 is 0 Å². The molecule has 3 fully saturated rings. The Morgan fingerprint density at radius 1 is 1.41 bits per heavy atom. The molecule has 0 bridgehead atoms. The van der Waals surface area contributed by atoms with Crippen LogP contribution < -0.4 is 0 Å². The van der Waals surface area contributed by atoms with Crippen molar-refractivity contribution in [2.45, 2.75) is 57.3 Å². The predicted octanol–water partition coefficient (Wildman–Crippen LogP) is 1.90. The van der Waals surface area contributed by atoms with Gasteiger partial charge in [0.1, 0.15) is 17.8 Å². The van der Waals surface area contributed by atoms with Gasteiger partial charge < -0.3 is 14.6 Å². The summed E-state index contributed by atoms with van der Waals surface area (Å²) in [6.07, 6.45) is 1.47. The van der Waals surface area contributed by atoms with Crippen molar-refractivity contribution < 1.29 is 24.2 Å². The van der Waals surface area contributed by atoms with Crippen molar-refractivity contribution in [2.75, 3.05) is 0 Å². The van der Waals surface area contributed by atoms with Gasteiger partial charge in [-0.2, -0.15) is 0 Å². The molecule has 0 unspecified atom stereocenters. The van der Waals surface area contributed by atoms with Gasteiger partial charge in [-0.1, -0.05) is 25.7 Å². The maximum Gasteiger partial charge on any atom is 0.336 e. The summed E-state index contributed by atoms with van der Waals surface area (Å²) in [6, 6.07) is 0. The van der Waals surface area contributed by atoms with Gasteiger partial charge >= 0.3 is 11.9 Å². The molecule has 0 aromatic carbocycles. The third-order valence-electron chi connectivity index (χ3n) is 5.74. The first-order valence-corrected chi connectivity index (χ1v) is 7.68. The van der Waals surface area contributed by atoms with E-state index in [-0.39, 0.29) is 29.0 Å². The number of carbonyl (C=O) groups is 2. The van der Waals surface area contributed by atoms with Crippen molar-refractivity contribution in [1.29, 1.82) is 0 Å². The van der Waals surface area contributed by atoms with Gasteiger partial charge in [-0.05, 0) is 25.7 Å². The average molecular weight is 306 g/mol. The molecule has 5 heteroatoms. The number of carbonyl (C=O) groups excluding carboxylic acids is 2. The summed E-state index contributed by atoms with van der Waals surface area (Å²) in [7, 11) is 0. The minimum Gasteiger partial charge on any atom is -0.462 e. The lowest BCUT2D eigenvalue weighted by atomic mass is 9.53.